The van der Waals surface area contributed by atoms with Gasteiger partial charge < -0.3 is 19.5 Å². The molecule has 2 heterocycles. The topological polar surface area (TPSA) is 76.8 Å². The molecule has 3 aromatic carbocycles. The molecular formula is C29H27N3O4. The summed E-state index contributed by atoms with van der Waals surface area (Å²) in [7, 11) is 0. The first-order chi connectivity index (χ1) is 17.7. The summed E-state index contributed by atoms with van der Waals surface area (Å²) in [6.07, 6.45) is 1.64. The number of carbonyl (C=O) groups excluding carboxylic acids is 1. The Labute approximate surface area is 209 Å². The predicted molar refractivity (Wildman–Crippen MR) is 135 cm³/mol. The fourth-order valence-electron chi connectivity index (χ4n) is 5.14. The molecule has 6 rings (SSSR count). The lowest BCUT2D eigenvalue weighted by atomic mass is 9.98. The first-order valence-electron chi connectivity index (χ1n) is 12.2. The molecule has 0 radical (unpaired) electrons. The van der Waals surface area contributed by atoms with Gasteiger partial charge in [0.2, 0.25) is 0 Å². The first-order valence-corrected chi connectivity index (χ1v) is 12.2. The number of hydrogen-bond donors (Lipinski definition) is 1. The number of nitrogens with zero attached hydrogens (tertiary/aromatic N) is 3. The monoisotopic (exact) mass is 481 g/mol. The number of β-amino-alcohol motifs (C(OH)–C–C–N with tert-alkyl or cyclic N) is 1. The average molecular weight is 482 g/mol. The number of benzene rings is 3. The number of hydrogen-bond acceptors (Lipinski definition) is 5. The van der Waals surface area contributed by atoms with Crippen LogP contribution in [0.1, 0.15) is 22.6 Å². The molecule has 1 fully saturated rings. The predicted octanol–water partition coefficient (Wildman–Crippen LogP) is 4.30. The van der Waals surface area contributed by atoms with Gasteiger partial charge in [-0.2, -0.15) is 5.10 Å². The second kappa shape index (κ2) is 9.51. The number of aromatic nitrogens is 2. The van der Waals surface area contributed by atoms with Crippen molar-refractivity contribution in [2.75, 3.05) is 19.7 Å². The van der Waals surface area contributed by atoms with E-state index in [9.17, 15) is 9.90 Å². The van der Waals surface area contributed by atoms with E-state index >= 15 is 0 Å². The summed E-state index contributed by atoms with van der Waals surface area (Å²) in [4.78, 5) is 14.4. The Morgan fingerprint density at radius 2 is 1.58 bits per heavy atom. The Kier molecular flexibility index (Phi) is 5.91. The van der Waals surface area contributed by atoms with E-state index in [0.717, 1.165) is 5.56 Å². The molecule has 1 amide bonds. The highest BCUT2D eigenvalue weighted by Gasteiger charge is 2.37. The van der Waals surface area contributed by atoms with Crippen LogP contribution in [-0.2, 0) is 11.3 Å². The van der Waals surface area contributed by atoms with Gasteiger partial charge in [-0.1, -0.05) is 78.9 Å². The van der Waals surface area contributed by atoms with E-state index in [-0.39, 0.29) is 25.6 Å². The van der Waals surface area contributed by atoms with Gasteiger partial charge in [-0.25, -0.2) is 4.79 Å². The van der Waals surface area contributed by atoms with E-state index in [1.807, 2.05) is 54.6 Å². The highest BCUT2D eigenvalue weighted by Crippen LogP contribution is 2.44. The van der Waals surface area contributed by atoms with Gasteiger partial charge in [0.25, 0.3) is 0 Å². The molecule has 7 heteroatoms. The molecule has 0 spiro atoms. The van der Waals surface area contributed by atoms with E-state index < -0.39 is 18.3 Å². The molecule has 0 unspecified atom stereocenters. The second-order valence-corrected chi connectivity index (χ2v) is 9.29. The van der Waals surface area contributed by atoms with Crippen LogP contribution in [0.2, 0.25) is 0 Å². The van der Waals surface area contributed by atoms with Crippen molar-refractivity contribution in [1.29, 1.82) is 0 Å². The molecule has 1 aromatic heterocycles. The van der Waals surface area contributed by atoms with Crippen molar-refractivity contribution in [1.82, 2.24) is 14.7 Å². The number of amides is 1. The van der Waals surface area contributed by atoms with Crippen LogP contribution < -0.4 is 4.74 Å². The third-order valence-electron chi connectivity index (χ3n) is 6.92. The van der Waals surface area contributed by atoms with Crippen LogP contribution in [0.25, 0.3) is 11.1 Å². The summed E-state index contributed by atoms with van der Waals surface area (Å²) in [5.41, 5.74) is 5.84. The molecule has 1 aliphatic heterocycles. The fraction of sp³-hybridized carbons (Fsp3) is 0.241. The molecule has 2 aliphatic rings. The van der Waals surface area contributed by atoms with E-state index in [4.69, 9.17) is 9.47 Å². The van der Waals surface area contributed by atoms with Crippen molar-refractivity contribution in [3.63, 3.8) is 0 Å². The minimum absolute atomic E-state index is 0.00335. The average Bonchev–Trinajstić information content (AvgIpc) is 3.59. The summed E-state index contributed by atoms with van der Waals surface area (Å²) in [5.74, 6) is 0.556. The number of fused-ring (bicyclic) bond motifs is 3. The Balaban J connectivity index is 1.06. The molecule has 182 valence electrons. The third-order valence-corrected chi connectivity index (χ3v) is 6.92. The van der Waals surface area contributed by atoms with Gasteiger partial charge >= 0.3 is 6.09 Å². The zero-order chi connectivity index (χ0) is 24.5. The van der Waals surface area contributed by atoms with E-state index in [2.05, 4.69) is 29.4 Å². The Morgan fingerprint density at radius 3 is 2.31 bits per heavy atom. The molecule has 1 N–H and O–H groups in total. The molecule has 0 saturated carbocycles. The number of aliphatic hydroxyl groups excluding tert-OH is 1. The van der Waals surface area contributed by atoms with E-state index in [1.54, 1.807) is 17.1 Å². The first kappa shape index (κ1) is 22.4. The van der Waals surface area contributed by atoms with Crippen molar-refractivity contribution in [3.05, 3.63) is 108 Å². The van der Waals surface area contributed by atoms with Crippen LogP contribution in [0, 0.1) is 0 Å². The Bertz CT molecular complexity index is 1320. The highest BCUT2D eigenvalue weighted by atomic mass is 16.6. The maximum Gasteiger partial charge on any atom is 0.410 e. The lowest BCUT2D eigenvalue weighted by Gasteiger charge is -2.19. The van der Waals surface area contributed by atoms with Crippen molar-refractivity contribution in [3.8, 4) is 16.9 Å². The molecule has 4 aromatic rings. The normalized spacial score (nSPS) is 18.6. The van der Waals surface area contributed by atoms with Gasteiger partial charge in [-0.05, 0) is 27.8 Å². The number of ether oxygens (including phenoxy) is 2. The standard InChI is InChI=1S/C29H27N3O4/c33-27-17-31(18-28(27)36-21-14-30-32(16-21)15-20-8-2-1-3-9-20)29(34)35-19-26-24-12-6-4-10-22(24)23-11-5-7-13-25(23)26/h1-14,16,26-28,33H,15,17-19H2/t27-,28-/m0/s1. The number of carbonyl (C=O) groups is 1. The number of aliphatic hydroxyl groups is 1. The van der Waals surface area contributed by atoms with Crippen LogP contribution >= 0.6 is 0 Å². The maximum absolute atomic E-state index is 12.9. The van der Waals surface area contributed by atoms with Crippen molar-refractivity contribution in [2.45, 2.75) is 24.7 Å². The lowest BCUT2D eigenvalue weighted by molar-refractivity contribution is 0.0735. The van der Waals surface area contributed by atoms with Crippen molar-refractivity contribution in [2.24, 2.45) is 0 Å². The fourth-order valence-corrected chi connectivity index (χ4v) is 5.14. The molecule has 1 aliphatic carbocycles. The minimum Gasteiger partial charge on any atom is -0.482 e. The van der Waals surface area contributed by atoms with Crippen LogP contribution in [0.15, 0.2) is 91.3 Å². The van der Waals surface area contributed by atoms with E-state index in [0.29, 0.717) is 12.3 Å². The van der Waals surface area contributed by atoms with Gasteiger partial charge in [0.15, 0.2) is 5.75 Å². The quantitative estimate of drug-likeness (QED) is 0.444. The van der Waals surface area contributed by atoms with Gasteiger partial charge in [-0.15, -0.1) is 0 Å². The summed E-state index contributed by atoms with van der Waals surface area (Å²) in [6, 6.07) is 26.5. The second-order valence-electron chi connectivity index (χ2n) is 9.29. The SMILES string of the molecule is O=C(OCC1c2ccccc2-c2ccccc21)N1C[C@H](Oc2cnn(Cc3ccccc3)c2)[C@@H](O)C1. The molecule has 0 bridgehead atoms. The lowest BCUT2D eigenvalue weighted by Crippen LogP contribution is -2.32. The third kappa shape index (κ3) is 4.33. The number of likely N-dealkylation sites (tertiary alicyclic amines) is 1. The molecule has 1 saturated heterocycles. The van der Waals surface area contributed by atoms with Gasteiger partial charge in [-0.3, -0.25) is 4.68 Å². The number of rotatable bonds is 6. The molecular weight excluding hydrogens is 454 g/mol. The minimum atomic E-state index is -0.803. The summed E-state index contributed by atoms with van der Waals surface area (Å²) >= 11 is 0. The molecule has 7 nitrogen and oxygen atoms in total. The van der Waals surface area contributed by atoms with Gasteiger partial charge in [0, 0.05) is 5.92 Å². The maximum atomic E-state index is 12.9. The van der Waals surface area contributed by atoms with Crippen molar-refractivity contribution < 1.29 is 19.4 Å². The molecule has 2 atom stereocenters. The Morgan fingerprint density at radius 1 is 0.917 bits per heavy atom. The molecule has 36 heavy (non-hydrogen) atoms. The summed E-state index contributed by atoms with van der Waals surface area (Å²) in [5, 5.41) is 14.9. The van der Waals surface area contributed by atoms with Gasteiger partial charge in [0.1, 0.15) is 18.8 Å². The van der Waals surface area contributed by atoms with Crippen LogP contribution in [0.5, 0.6) is 5.75 Å². The van der Waals surface area contributed by atoms with Crippen LogP contribution in [0.3, 0.4) is 0 Å². The van der Waals surface area contributed by atoms with E-state index in [1.165, 1.54) is 27.2 Å². The Hall–Kier alpha value is -4.10. The zero-order valence-electron chi connectivity index (χ0n) is 19.7. The highest BCUT2D eigenvalue weighted by molar-refractivity contribution is 5.79. The smallest absolute Gasteiger partial charge is 0.410 e. The van der Waals surface area contributed by atoms with Crippen LogP contribution in [0.4, 0.5) is 4.79 Å². The van der Waals surface area contributed by atoms with Gasteiger partial charge in [0.05, 0.1) is 32.0 Å². The zero-order valence-corrected chi connectivity index (χ0v) is 19.7. The summed E-state index contributed by atoms with van der Waals surface area (Å²) in [6.45, 7) is 1.29. The largest absolute Gasteiger partial charge is 0.482 e. The van der Waals surface area contributed by atoms with Crippen molar-refractivity contribution >= 4 is 6.09 Å². The summed E-state index contributed by atoms with van der Waals surface area (Å²) < 4.78 is 13.5. The van der Waals surface area contributed by atoms with Crippen LogP contribution in [-0.4, -0.2) is 57.8 Å².